The van der Waals surface area contributed by atoms with E-state index in [0.717, 1.165) is 16.0 Å². The fourth-order valence-corrected chi connectivity index (χ4v) is 4.55. The molecule has 2 aromatic carbocycles. The van der Waals surface area contributed by atoms with E-state index in [4.69, 9.17) is 11.6 Å². The van der Waals surface area contributed by atoms with Gasteiger partial charge in [0.1, 0.15) is 0 Å². The Bertz CT molecular complexity index is 903. The Morgan fingerprint density at radius 3 is 2.25 bits per heavy atom. The quantitative estimate of drug-likeness (QED) is 0.695. The number of thiophene rings is 1. The lowest BCUT2D eigenvalue weighted by atomic mass is 10.0. The fourth-order valence-electron chi connectivity index (χ4n) is 2.34. The van der Waals surface area contributed by atoms with Gasteiger partial charge >= 0.3 is 0 Å². The molecule has 0 saturated carbocycles. The maximum Gasteiger partial charge on any atom is 0.241 e. The van der Waals surface area contributed by atoms with E-state index in [1.54, 1.807) is 12.1 Å². The third kappa shape index (κ3) is 3.87. The van der Waals surface area contributed by atoms with Gasteiger partial charge in [-0.3, -0.25) is 0 Å². The van der Waals surface area contributed by atoms with Gasteiger partial charge in [0.15, 0.2) is 0 Å². The van der Waals surface area contributed by atoms with Gasteiger partial charge in [-0.05, 0) is 48.2 Å². The Kier molecular flexibility index (Phi) is 5.06. The smallest absolute Gasteiger partial charge is 0.207 e. The first-order valence-corrected chi connectivity index (χ1v) is 10.1. The molecular formula is C18H16ClNO2S2. The molecule has 1 aromatic heterocycles. The van der Waals surface area contributed by atoms with Gasteiger partial charge in [-0.15, -0.1) is 11.3 Å². The van der Waals surface area contributed by atoms with Crippen LogP contribution in [0.3, 0.4) is 0 Å². The first-order valence-electron chi connectivity index (χ1n) is 7.33. The Hall–Kier alpha value is -1.66. The highest BCUT2D eigenvalue weighted by molar-refractivity contribution is 7.89. The maximum absolute atomic E-state index is 12.7. The summed E-state index contributed by atoms with van der Waals surface area (Å²) >= 11 is 7.37. The van der Waals surface area contributed by atoms with Crippen molar-refractivity contribution in [2.24, 2.45) is 0 Å². The second kappa shape index (κ2) is 7.07. The molecule has 1 unspecified atom stereocenters. The maximum atomic E-state index is 12.7. The third-order valence-corrected chi connectivity index (χ3v) is 6.26. The molecular weight excluding hydrogens is 362 g/mol. The molecule has 124 valence electrons. The summed E-state index contributed by atoms with van der Waals surface area (Å²) in [5.41, 5.74) is 2.03. The van der Waals surface area contributed by atoms with Crippen molar-refractivity contribution in [2.75, 3.05) is 0 Å². The number of halogens is 1. The summed E-state index contributed by atoms with van der Waals surface area (Å²) < 4.78 is 28.3. The number of aryl methyl sites for hydroxylation is 1. The average Bonchev–Trinajstić information content (AvgIpc) is 3.08. The predicted molar refractivity (Wildman–Crippen MR) is 99.1 cm³/mol. The van der Waals surface area contributed by atoms with Crippen LogP contribution in [-0.2, 0) is 10.0 Å². The molecule has 0 aliphatic rings. The SMILES string of the molecule is Cc1ccc(C(NS(=O)(=O)c2ccc(Cl)cc2)c2cccs2)cc1. The molecule has 1 heterocycles. The number of sulfonamides is 1. The molecule has 0 bridgehead atoms. The standard InChI is InChI=1S/C18H16ClNO2S2/c1-13-4-6-14(7-5-13)18(17-3-2-12-23-17)20-24(21,22)16-10-8-15(19)9-11-16/h2-12,18,20H,1H3. The van der Waals surface area contributed by atoms with Crippen LogP contribution in [0.25, 0.3) is 0 Å². The van der Waals surface area contributed by atoms with Crippen molar-refractivity contribution < 1.29 is 8.42 Å². The van der Waals surface area contributed by atoms with Gasteiger partial charge in [-0.1, -0.05) is 47.5 Å². The topological polar surface area (TPSA) is 46.2 Å². The van der Waals surface area contributed by atoms with Crippen molar-refractivity contribution in [1.29, 1.82) is 0 Å². The zero-order valence-corrected chi connectivity index (χ0v) is 15.3. The van der Waals surface area contributed by atoms with E-state index in [-0.39, 0.29) is 4.90 Å². The van der Waals surface area contributed by atoms with E-state index in [0.29, 0.717) is 5.02 Å². The van der Waals surface area contributed by atoms with Crippen molar-refractivity contribution in [2.45, 2.75) is 17.9 Å². The largest absolute Gasteiger partial charge is 0.241 e. The van der Waals surface area contributed by atoms with Gasteiger partial charge in [0, 0.05) is 9.90 Å². The summed E-state index contributed by atoms with van der Waals surface area (Å²) in [5, 5.41) is 2.44. The molecule has 0 amide bonds. The monoisotopic (exact) mass is 377 g/mol. The molecule has 0 saturated heterocycles. The van der Waals surface area contributed by atoms with E-state index in [1.807, 2.05) is 48.7 Å². The van der Waals surface area contributed by atoms with E-state index in [9.17, 15) is 8.42 Å². The fraction of sp³-hybridized carbons (Fsp3) is 0.111. The first-order chi connectivity index (χ1) is 11.5. The lowest BCUT2D eigenvalue weighted by Gasteiger charge is -2.18. The van der Waals surface area contributed by atoms with Crippen LogP contribution in [-0.4, -0.2) is 8.42 Å². The van der Waals surface area contributed by atoms with E-state index < -0.39 is 16.1 Å². The molecule has 0 aliphatic carbocycles. The molecule has 6 heteroatoms. The number of rotatable bonds is 5. The molecule has 0 fully saturated rings. The highest BCUT2D eigenvalue weighted by atomic mass is 35.5. The predicted octanol–water partition coefficient (Wildman–Crippen LogP) is 4.78. The van der Waals surface area contributed by atoms with E-state index >= 15 is 0 Å². The molecule has 1 N–H and O–H groups in total. The molecule has 0 radical (unpaired) electrons. The van der Waals surface area contributed by atoms with Crippen molar-refractivity contribution in [3.05, 3.63) is 87.1 Å². The second-order valence-corrected chi connectivity index (χ2v) is 8.56. The van der Waals surface area contributed by atoms with Gasteiger partial charge in [0.05, 0.1) is 10.9 Å². The van der Waals surface area contributed by atoms with Crippen LogP contribution < -0.4 is 4.72 Å². The Balaban J connectivity index is 1.97. The summed E-state index contributed by atoms with van der Waals surface area (Å²) in [4.78, 5) is 1.14. The normalized spacial score (nSPS) is 12.9. The Labute approximate surface area is 151 Å². The zero-order valence-electron chi connectivity index (χ0n) is 12.9. The highest BCUT2D eigenvalue weighted by Gasteiger charge is 2.23. The van der Waals surface area contributed by atoms with Gasteiger partial charge in [-0.25, -0.2) is 8.42 Å². The summed E-state index contributed by atoms with van der Waals surface area (Å²) in [7, 11) is -3.66. The van der Waals surface area contributed by atoms with Crippen LogP contribution >= 0.6 is 22.9 Å². The van der Waals surface area contributed by atoms with E-state index in [1.165, 1.54) is 23.5 Å². The number of benzene rings is 2. The minimum Gasteiger partial charge on any atom is -0.207 e. The number of hydrogen-bond donors (Lipinski definition) is 1. The van der Waals surface area contributed by atoms with Crippen molar-refractivity contribution in [3.8, 4) is 0 Å². The molecule has 3 nitrogen and oxygen atoms in total. The minimum atomic E-state index is -3.66. The molecule has 1 atom stereocenters. The molecule has 0 spiro atoms. The van der Waals surface area contributed by atoms with Crippen LogP contribution in [0.5, 0.6) is 0 Å². The second-order valence-electron chi connectivity index (χ2n) is 5.43. The number of hydrogen-bond acceptors (Lipinski definition) is 3. The van der Waals surface area contributed by atoms with Gasteiger partial charge in [0.25, 0.3) is 0 Å². The summed E-state index contributed by atoms with van der Waals surface area (Å²) in [6.07, 6.45) is 0. The van der Waals surface area contributed by atoms with Crippen LogP contribution in [0.4, 0.5) is 0 Å². The summed E-state index contributed by atoms with van der Waals surface area (Å²) in [6, 6.07) is 17.4. The van der Waals surface area contributed by atoms with Crippen LogP contribution in [0.1, 0.15) is 22.0 Å². The first kappa shape index (κ1) is 17.2. The zero-order chi connectivity index (χ0) is 17.2. The van der Waals surface area contributed by atoms with Crippen molar-refractivity contribution in [1.82, 2.24) is 4.72 Å². The lowest BCUT2D eigenvalue weighted by molar-refractivity contribution is 0.573. The van der Waals surface area contributed by atoms with Crippen molar-refractivity contribution in [3.63, 3.8) is 0 Å². The third-order valence-electron chi connectivity index (χ3n) is 3.64. The van der Waals surface area contributed by atoms with Crippen LogP contribution in [0.15, 0.2) is 70.9 Å². The highest BCUT2D eigenvalue weighted by Crippen LogP contribution is 2.28. The lowest BCUT2D eigenvalue weighted by Crippen LogP contribution is -2.29. The van der Waals surface area contributed by atoms with Gasteiger partial charge in [-0.2, -0.15) is 4.72 Å². The summed E-state index contributed by atoms with van der Waals surface area (Å²) in [5.74, 6) is 0. The van der Waals surface area contributed by atoms with Crippen molar-refractivity contribution >= 4 is 33.0 Å². The average molecular weight is 378 g/mol. The number of nitrogens with one attached hydrogen (secondary N) is 1. The Morgan fingerprint density at radius 2 is 1.67 bits per heavy atom. The Morgan fingerprint density at radius 1 is 1.00 bits per heavy atom. The van der Waals surface area contributed by atoms with E-state index in [2.05, 4.69) is 4.72 Å². The molecule has 3 rings (SSSR count). The van der Waals surface area contributed by atoms with Gasteiger partial charge in [0.2, 0.25) is 10.0 Å². The van der Waals surface area contributed by atoms with Crippen LogP contribution in [0, 0.1) is 6.92 Å². The minimum absolute atomic E-state index is 0.195. The van der Waals surface area contributed by atoms with Crippen LogP contribution in [0.2, 0.25) is 5.02 Å². The molecule has 3 aromatic rings. The molecule has 24 heavy (non-hydrogen) atoms. The molecule has 0 aliphatic heterocycles. The van der Waals surface area contributed by atoms with Gasteiger partial charge < -0.3 is 0 Å². The summed E-state index contributed by atoms with van der Waals surface area (Å²) in [6.45, 7) is 2.00.